The van der Waals surface area contributed by atoms with Crippen LogP contribution in [-0.4, -0.2) is 24.8 Å². The third kappa shape index (κ3) is 2.07. The summed E-state index contributed by atoms with van der Waals surface area (Å²) in [5, 5.41) is 8.69. The number of nitrogens with two attached hydrogens (primary N) is 1. The standard InChI is InChI=1S/C8H11NO4/c1-12-8(11)7-3-2-6(13-7)5(9)4-10/h2-3,5,10H,4,9H2,1H3/t5-/m0/s1. The second-order valence-corrected chi connectivity index (χ2v) is 2.48. The van der Waals surface area contributed by atoms with Gasteiger partial charge in [-0.15, -0.1) is 0 Å². The Labute approximate surface area is 75.1 Å². The Morgan fingerprint density at radius 1 is 1.77 bits per heavy atom. The van der Waals surface area contributed by atoms with E-state index < -0.39 is 12.0 Å². The largest absolute Gasteiger partial charge is 0.463 e. The first-order valence-corrected chi connectivity index (χ1v) is 3.73. The summed E-state index contributed by atoms with van der Waals surface area (Å²) < 4.78 is 9.46. The Balaban J connectivity index is 2.80. The molecule has 0 radical (unpaired) electrons. The molecule has 0 fully saturated rings. The van der Waals surface area contributed by atoms with Gasteiger partial charge in [0.2, 0.25) is 5.76 Å². The molecular weight excluding hydrogens is 174 g/mol. The lowest BCUT2D eigenvalue weighted by Gasteiger charge is -2.02. The number of carbonyl (C=O) groups is 1. The van der Waals surface area contributed by atoms with Crippen molar-refractivity contribution >= 4 is 5.97 Å². The van der Waals surface area contributed by atoms with E-state index in [2.05, 4.69) is 4.74 Å². The van der Waals surface area contributed by atoms with E-state index in [1.54, 1.807) is 0 Å². The lowest BCUT2D eigenvalue weighted by atomic mass is 10.2. The molecule has 1 rings (SSSR count). The van der Waals surface area contributed by atoms with Crippen molar-refractivity contribution in [2.75, 3.05) is 13.7 Å². The van der Waals surface area contributed by atoms with Crippen molar-refractivity contribution in [2.45, 2.75) is 6.04 Å². The highest BCUT2D eigenvalue weighted by Gasteiger charge is 2.14. The summed E-state index contributed by atoms with van der Waals surface area (Å²) in [6.07, 6.45) is 0. The topological polar surface area (TPSA) is 85.7 Å². The maximum atomic E-state index is 10.9. The van der Waals surface area contributed by atoms with Crippen molar-refractivity contribution in [3.05, 3.63) is 23.7 Å². The van der Waals surface area contributed by atoms with E-state index in [0.717, 1.165) is 0 Å². The highest BCUT2D eigenvalue weighted by atomic mass is 16.5. The molecule has 1 atom stereocenters. The Kier molecular flexibility index (Phi) is 3.05. The fourth-order valence-electron chi connectivity index (χ4n) is 0.852. The minimum Gasteiger partial charge on any atom is -0.463 e. The highest BCUT2D eigenvalue weighted by Crippen LogP contribution is 2.14. The molecule has 5 heteroatoms. The number of methoxy groups -OCH3 is 1. The Morgan fingerprint density at radius 3 is 3.00 bits per heavy atom. The molecule has 0 unspecified atom stereocenters. The van der Waals surface area contributed by atoms with Gasteiger partial charge < -0.3 is 20.0 Å². The molecule has 3 N–H and O–H groups in total. The van der Waals surface area contributed by atoms with Gasteiger partial charge in [-0.3, -0.25) is 0 Å². The lowest BCUT2D eigenvalue weighted by Crippen LogP contribution is -2.13. The van der Waals surface area contributed by atoms with E-state index in [0.29, 0.717) is 5.76 Å². The van der Waals surface area contributed by atoms with Crippen LogP contribution in [0.2, 0.25) is 0 Å². The smallest absolute Gasteiger partial charge is 0.373 e. The van der Waals surface area contributed by atoms with Crippen molar-refractivity contribution in [1.29, 1.82) is 0 Å². The molecule has 0 spiro atoms. The van der Waals surface area contributed by atoms with Crippen LogP contribution in [0, 0.1) is 0 Å². The van der Waals surface area contributed by atoms with E-state index in [1.807, 2.05) is 0 Å². The van der Waals surface area contributed by atoms with E-state index in [4.69, 9.17) is 15.3 Å². The average Bonchev–Trinajstić information content (AvgIpc) is 2.64. The Hall–Kier alpha value is -1.33. The first-order chi connectivity index (χ1) is 6.19. The number of hydrogen-bond donors (Lipinski definition) is 2. The first-order valence-electron chi connectivity index (χ1n) is 3.73. The van der Waals surface area contributed by atoms with Crippen molar-refractivity contribution in [3.8, 4) is 0 Å². The number of esters is 1. The summed E-state index contributed by atoms with van der Waals surface area (Å²) >= 11 is 0. The predicted molar refractivity (Wildman–Crippen MR) is 44.1 cm³/mol. The van der Waals surface area contributed by atoms with E-state index in [1.165, 1.54) is 19.2 Å². The highest BCUT2D eigenvalue weighted by molar-refractivity contribution is 5.86. The molecule has 13 heavy (non-hydrogen) atoms. The molecule has 5 nitrogen and oxygen atoms in total. The second-order valence-electron chi connectivity index (χ2n) is 2.48. The summed E-state index contributed by atoms with van der Waals surface area (Å²) in [7, 11) is 1.26. The normalized spacial score (nSPS) is 12.5. The molecule has 1 heterocycles. The van der Waals surface area contributed by atoms with Gasteiger partial charge in [0.1, 0.15) is 5.76 Å². The molecule has 0 saturated carbocycles. The van der Waals surface area contributed by atoms with Gasteiger partial charge in [0, 0.05) is 0 Å². The molecule has 0 aliphatic rings. The molecule has 72 valence electrons. The quantitative estimate of drug-likeness (QED) is 0.650. The van der Waals surface area contributed by atoms with Gasteiger partial charge in [-0.25, -0.2) is 4.79 Å². The first kappa shape index (κ1) is 9.76. The number of rotatable bonds is 3. The maximum Gasteiger partial charge on any atom is 0.373 e. The second kappa shape index (κ2) is 4.06. The molecule has 0 bridgehead atoms. The van der Waals surface area contributed by atoms with Crippen LogP contribution in [-0.2, 0) is 4.74 Å². The summed E-state index contributed by atoms with van der Waals surface area (Å²) in [4.78, 5) is 10.9. The van der Waals surface area contributed by atoms with Crippen molar-refractivity contribution in [1.82, 2.24) is 0 Å². The predicted octanol–water partition coefficient (Wildman–Crippen LogP) is 0.0583. The maximum absolute atomic E-state index is 10.9. The van der Waals surface area contributed by atoms with Gasteiger partial charge in [0.05, 0.1) is 19.8 Å². The van der Waals surface area contributed by atoms with E-state index >= 15 is 0 Å². The minimum atomic E-state index is -0.599. The zero-order valence-electron chi connectivity index (χ0n) is 7.19. The summed E-state index contributed by atoms with van der Waals surface area (Å²) in [6, 6.07) is 2.39. The van der Waals surface area contributed by atoms with Gasteiger partial charge in [0.25, 0.3) is 0 Å². The van der Waals surface area contributed by atoms with Crippen molar-refractivity contribution in [2.24, 2.45) is 5.73 Å². The number of aliphatic hydroxyl groups excluding tert-OH is 1. The molecule has 0 aromatic carbocycles. The number of carbonyl (C=O) groups excluding carboxylic acids is 1. The third-order valence-corrected chi connectivity index (χ3v) is 1.58. The van der Waals surface area contributed by atoms with Crippen LogP contribution in [0.25, 0.3) is 0 Å². The minimum absolute atomic E-state index is 0.0846. The van der Waals surface area contributed by atoms with E-state index in [-0.39, 0.29) is 12.4 Å². The summed E-state index contributed by atoms with van der Waals surface area (Å²) in [5.41, 5.74) is 5.45. The molecule has 0 amide bonds. The molecule has 0 saturated heterocycles. The average molecular weight is 185 g/mol. The van der Waals surface area contributed by atoms with Crippen LogP contribution in [0.3, 0.4) is 0 Å². The number of aliphatic hydroxyl groups is 1. The molecule has 1 aromatic rings. The fraction of sp³-hybridized carbons (Fsp3) is 0.375. The van der Waals surface area contributed by atoms with Crippen molar-refractivity contribution in [3.63, 3.8) is 0 Å². The Morgan fingerprint density at radius 2 is 2.46 bits per heavy atom. The lowest BCUT2D eigenvalue weighted by molar-refractivity contribution is 0.0561. The Bertz CT molecular complexity index is 294. The number of ether oxygens (including phenoxy) is 1. The van der Waals surface area contributed by atoms with E-state index in [9.17, 15) is 4.79 Å². The summed E-state index contributed by atoms with van der Waals surface area (Å²) in [6.45, 7) is -0.228. The fourth-order valence-corrected chi connectivity index (χ4v) is 0.852. The van der Waals surface area contributed by atoms with Crippen LogP contribution in [0.15, 0.2) is 16.5 Å². The zero-order valence-corrected chi connectivity index (χ0v) is 7.19. The molecule has 1 aromatic heterocycles. The van der Waals surface area contributed by atoms with Gasteiger partial charge in [-0.2, -0.15) is 0 Å². The van der Waals surface area contributed by atoms with Gasteiger partial charge in [-0.05, 0) is 12.1 Å². The van der Waals surface area contributed by atoms with Crippen molar-refractivity contribution < 1.29 is 19.1 Å². The van der Waals surface area contributed by atoms with Gasteiger partial charge in [0.15, 0.2) is 0 Å². The van der Waals surface area contributed by atoms with Gasteiger partial charge >= 0.3 is 5.97 Å². The summed E-state index contributed by atoms with van der Waals surface area (Å²) in [5.74, 6) is -0.110. The molecule has 0 aliphatic heterocycles. The zero-order chi connectivity index (χ0) is 9.84. The number of hydrogen-bond acceptors (Lipinski definition) is 5. The van der Waals surface area contributed by atoms with Gasteiger partial charge in [-0.1, -0.05) is 0 Å². The molecular formula is C8H11NO4. The third-order valence-electron chi connectivity index (χ3n) is 1.58. The van der Waals surface area contributed by atoms with Crippen LogP contribution in [0.4, 0.5) is 0 Å². The van der Waals surface area contributed by atoms with Crippen LogP contribution >= 0.6 is 0 Å². The van der Waals surface area contributed by atoms with Crippen LogP contribution in [0.1, 0.15) is 22.4 Å². The monoisotopic (exact) mass is 185 g/mol. The molecule has 0 aliphatic carbocycles. The van der Waals surface area contributed by atoms with Crippen LogP contribution in [0.5, 0.6) is 0 Å². The SMILES string of the molecule is COC(=O)c1ccc([C@@H](N)CO)o1. The number of furan rings is 1. The van der Waals surface area contributed by atoms with Crippen LogP contribution < -0.4 is 5.73 Å².